The highest BCUT2D eigenvalue weighted by molar-refractivity contribution is 7.80. The lowest BCUT2D eigenvalue weighted by atomic mass is 9.94. The van der Waals surface area contributed by atoms with E-state index in [1.165, 1.54) is 0 Å². The lowest BCUT2D eigenvalue weighted by Crippen LogP contribution is -2.47. The van der Waals surface area contributed by atoms with Crippen LogP contribution >= 0.6 is 12.2 Å². The largest absolute Gasteiger partial charge is 0.497 e. The minimum Gasteiger partial charge on any atom is -0.497 e. The molecule has 0 saturated carbocycles. The molecule has 1 aromatic heterocycles. The van der Waals surface area contributed by atoms with Crippen LogP contribution in [0.1, 0.15) is 31.3 Å². The Morgan fingerprint density at radius 2 is 1.91 bits per heavy atom. The van der Waals surface area contributed by atoms with Crippen molar-refractivity contribution < 1.29 is 18.7 Å². The van der Waals surface area contributed by atoms with Crippen molar-refractivity contribution in [1.29, 1.82) is 0 Å². The number of hydrogen-bond acceptors (Lipinski definition) is 7. The molecule has 2 heterocycles. The van der Waals surface area contributed by atoms with Crippen LogP contribution in [-0.2, 0) is 4.74 Å². The van der Waals surface area contributed by atoms with Crippen LogP contribution < -0.4 is 14.8 Å². The van der Waals surface area contributed by atoms with E-state index in [0.717, 1.165) is 33.9 Å². The van der Waals surface area contributed by atoms with E-state index >= 15 is 0 Å². The van der Waals surface area contributed by atoms with Crippen molar-refractivity contribution in [2.75, 3.05) is 34.0 Å². The highest BCUT2D eigenvalue weighted by atomic mass is 32.1. The van der Waals surface area contributed by atoms with Crippen molar-refractivity contribution in [3.63, 3.8) is 0 Å². The van der Waals surface area contributed by atoms with Crippen LogP contribution in [0.25, 0.3) is 17.0 Å². The summed E-state index contributed by atoms with van der Waals surface area (Å²) < 4.78 is 22.0. The van der Waals surface area contributed by atoms with E-state index in [-0.39, 0.29) is 6.04 Å². The molecule has 1 aliphatic heterocycles. The molecule has 1 unspecified atom stereocenters. The Balaban J connectivity index is 1.76. The number of nitrogens with one attached hydrogen (secondary N) is 1. The van der Waals surface area contributed by atoms with Crippen LogP contribution in [0.5, 0.6) is 11.5 Å². The Hall–Kier alpha value is -3.43. The molecular formula is C25H28N4O4S. The zero-order valence-corrected chi connectivity index (χ0v) is 20.5. The minimum absolute atomic E-state index is 0.263. The van der Waals surface area contributed by atoms with Crippen molar-refractivity contribution in [3.8, 4) is 22.9 Å². The van der Waals surface area contributed by atoms with E-state index in [9.17, 15) is 0 Å². The molecule has 0 saturated heterocycles. The third-order valence-electron chi connectivity index (χ3n) is 5.62. The lowest BCUT2D eigenvalue weighted by Gasteiger charge is -2.37. The van der Waals surface area contributed by atoms with Crippen LogP contribution in [0.3, 0.4) is 0 Å². The summed E-state index contributed by atoms with van der Waals surface area (Å²) in [5.41, 5.74) is 3.60. The van der Waals surface area contributed by atoms with Gasteiger partial charge in [0.15, 0.2) is 5.11 Å². The number of ether oxygens (including phenoxy) is 3. The fraction of sp³-hybridized carbons (Fsp3) is 0.320. The molecular weight excluding hydrogens is 452 g/mol. The van der Waals surface area contributed by atoms with Crippen molar-refractivity contribution in [2.24, 2.45) is 0 Å². The number of methoxy groups -OCH3 is 2. The minimum atomic E-state index is -0.263. The monoisotopic (exact) mass is 480 g/mol. The van der Waals surface area contributed by atoms with E-state index in [2.05, 4.69) is 10.5 Å². The normalized spacial score (nSPS) is 15.9. The molecule has 2 aromatic carbocycles. The predicted octanol–water partition coefficient (Wildman–Crippen LogP) is 4.45. The van der Waals surface area contributed by atoms with Crippen LogP contribution in [0.15, 0.2) is 58.8 Å². The molecule has 0 fully saturated rings. The Morgan fingerprint density at radius 3 is 2.62 bits per heavy atom. The zero-order chi connectivity index (χ0) is 24.1. The molecule has 8 nitrogen and oxygen atoms in total. The first-order chi connectivity index (χ1) is 16.5. The van der Waals surface area contributed by atoms with Crippen molar-refractivity contribution in [3.05, 3.63) is 65.7 Å². The highest BCUT2D eigenvalue weighted by Gasteiger charge is 2.34. The standard InChI is InChI=1S/C25H28N4O4S/c1-5-32-19-11-9-17(10-12-19)22-21(16(2)29(13-14-30-3)25(34)26-22)24-27-23(28-33-24)18-7-6-8-20(15-18)31-4/h6-12,15,22H,5,13-14H2,1-4H3,(H,26,34). The first-order valence-electron chi connectivity index (χ1n) is 11.0. The molecule has 1 N–H and O–H groups in total. The highest BCUT2D eigenvalue weighted by Crippen LogP contribution is 2.38. The molecule has 3 aromatic rings. The van der Waals surface area contributed by atoms with E-state index in [1.54, 1.807) is 14.2 Å². The second kappa shape index (κ2) is 10.7. The van der Waals surface area contributed by atoms with Gasteiger partial charge in [0, 0.05) is 24.9 Å². The number of hydrogen-bond donors (Lipinski definition) is 1. The first-order valence-corrected chi connectivity index (χ1v) is 11.5. The number of rotatable bonds is 9. The molecule has 1 atom stereocenters. The molecule has 0 bridgehead atoms. The third-order valence-corrected chi connectivity index (χ3v) is 5.96. The smallest absolute Gasteiger partial charge is 0.258 e. The van der Waals surface area contributed by atoms with Gasteiger partial charge in [-0.3, -0.25) is 0 Å². The van der Waals surface area contributed by atoms with Gasteiger partial charge in [0.1, 0.15) is 11.5 Å². The van der Waals surface area contributed by atoms with Crippen molar-refractivity contribution in [1.82, 2.24) is 20.4 Å². The molecule has 34 heavy (non-hydrogen) atoms. The van der Waals surface area contributed by atoms with Gasteiger partial charge in [-0.15, -0.1) is 0 Å². The molecule has 0 amide bonds. The van der Waals surface area contributed by atoms with E-state index in [1.807, 2.05) is 67.3 Å². The van der Waals surface area contributed by atoms with E-state index in [4.69, 9.17) is 35.9 Å². The summed E-state index contributed by atoms with van der Waals surface area (Å²) in [5, 5.41) is 8.30. The average molecular weight is 481 g/mol. The second-order valence-electron chi connectivity index (χ2n) is 7.68. The molecule has 4 rings (SSSR count). The van der Waals surface area contributed by atoms with Crippen molar-refractivity contribution >= 4 is 22.9 Å². The molecule has 1 aliphatic rings. The Morgan fingerprint density at radius 1 is 1.12 bits per heavy atom. The number of benzene rings is 2. The topological polar surface area (TPSA) is 81.9 Å². The van der Waals surface area contributed by atoms with Crippen LogP contribution in [0.4, 0.5) is 0 Å². The van der Waals surface area contributed by atoms with Gasteiger partial charge in [0.2, 0.25) is 5.82 Å². The molecule has 0 radical (unpaired) electrons. The van der Waals surface area contributed by atoms with Gasteiger partial charge in [0.25, 0.3) is 5.89 Å². The van der Waals surface area contributed by atoms with Gasteiger partial charge >= 0.3 is 0 Å². The SMILES string of the molecule is CCOc1ccc(C2NC(=S)N(CCOC)C(C)=C2c2nc(-c3cccc(OC)c3)no2)cc1. The maximum atomic E-state index is 5.78. The summed E-state index contributed by atoms with van der Waals surface area (Å²) >= 11 is 5.69. The number of thiocarbonyl (C=S) groups is 1. The van der Waals surface area contributed by atoms with Crippen LogP contribution in [0, 0.1) is 0 Å². The number of aromatic nitrogens is 2. The van der Waals surface area contributed by atoms with Gasteiger partial charge in [-0.05, 0) is 55.9 Å². The fourth-order valence-electron chi connectivity index (χ4n) is 3.90. The summed E-state index contributed by atoms with van der Waals surface area (Å²) in [6, 6.07) is 15.2. The molecule has 9 heteroatoms. The van der Waals surface area contributed by atoms with E-state index in [0.29, 0.717) is 36.6 Å². The van der Waals surface area contributed by atoms with Crippen LogP contribution in [0.2, 0.25) is 0 Å². The zero-order valence-electron chi connectivity index (χ0n) is 19.7. The summed E-state index contributed by atoms with van der Waals surface area (Å²) in [6.45, 7) is 5.71. The molecule has 0 aliphatic carbocycles. The second-order valence-corrected chi connectivity index (χ2v) is 8.07. The summed E-state index contributed by atoms with van der Waals surface area (Å²) in [4.78, 5) is 6.73. The number of nitrogens with zero attached hydrogens (tertiary/aromatic N) is 3. The first kappa shape index (κ1) is 23.7. The summed E-state index contributed by atoms with van der Waals surface area (Å²) in [5.74, 6) is 2.44. The van der Waals surface area contributed by atoms with Gasteiger partial charge in [-0.2, -0.15) is 4.98 Å². The van der Waals surface area contributed by atoms with Gasteiger partial charge in [-0.25, -0.2) is 0 Å². The van der Waals surface area contributed by atoms with E-state index < -0.39 is 0 Å². The Kier molecular flexibility index (Phi) is 7.44. The third kappa shape index (κ3) is 4.90. The van der Waals surface area contributed by atoms with Crippen molar-refractivity contribution in [2.45, 2.75) is 19.9 Å². The molecule has 178 valence electrons. The maximum absolute atomic E-state index is 5.78. The average Bonchev–Trinajstić information content (AvgIpc) is 3.34. The van der Waals surface area contributed by atoms with Gasteiger partial charge in [0.05, 0.1) is 31.9 Å². The summed E-state index contributed by atoms with van der Waals surface area (Å²) in [6.07, 6.45) is 0. The summed E-state index contributed by atoms with van der Waals surface area (Å²) in [7, 11) is 3.29. The Labute approximate surface area is 204 Å². The predicted molar refractivity (Wildman–Crippen MR) is 134 cm³/mol. The maximum Gasteiger partial charge on any atom is 0.258 e. The number of allylic oxidation sites excluding steroid dienone is 1. The molecule has 0 spiro atoms. The lowest BCUT2D eigenvalue weighted by molar-refractivity contribution is 0.183. The van der Waals surface area contributed by atoms with Gasteiger partial charge < -0.3 is 29.0 Å². The quantitative estimate of drug-likeness (QED) is 0.447. The van der Waals surface area contributed by atoms with Crippen LogP contribution in [-0.4, -0.2) is 54.1 Å². The Bertz CT molecular complexity index is 1180. The fourth-order valence-corrected chi connectivity index (χ4v) is 4.24. The van der Waals surface area contributed by atoms with Gasteiger partial charge in [-0.1, -0.05) is 29.4 Å².